The fourth-order valence-corrected chi connectivity index (χ4v) is 3.74. The maximum Gasteiger partial charge on any atom is 0.410 e. The number of hydrogen-bond donors (Lipinski definition) is 2. The highest BCUT2D eigenvalue weighted by molar-refractivity contribution is 5.68. The fraction of sp³-hybridized carbons (Fsp3) is 0.462. The molecule has 2 N–H and O–H groups in total. The first kappa shape index (κ1) is 27.3. The van der Waals surface area contributed by atoms with Crippen molar-refractivity contribution in [2.24, 2.45) is 0 Å². The number of ether oxygens (including phenoxy) is 2. The van der Waals surface area contributed by atoms with Gasteiger partial charge >= 0.3 is 12.2 Å². The van der Waals surface area contributed by atoms with Crippen LogP contribution < -0.4 is 0 Å². The number of rotatable bonds is 4. The van der Waals surface area contributed by atoms with Crippen LogP contribution in [0.3, 0.4) is 0 Å². The lowest BCUT2D eigenvalue weighted by atomic mass is 10.1. The number of benzene rings is 2. The predicted molar refractivity (Wildman–Crippen MR) is 127 cm³/mol. The third-order valence-corrected chi connectivity index (χ3v) is 5.94. The summed E-state index contributed by atoms with van der Waals surface area (Å²) in [6.45, 7) is 0.805. The van der Waals surface area contributed by atoms with E-state index in [1.54, 1.807) is 0 Å². The molecule has 0 aromatic heterocycles. The molecule has 2 amide bonds. The second kappa shape index (κ2) is 13.7. The van der Waals surface area contributed by atoms with Crippen molar-refractivity contribution in [3.8, 4) is 0 Å². The minimum absolute atomic E-state index is 0.102. The summed E-state index contributed by atoms with van der Waals surface area (Å²) in [6, 6.07) is 18.6. The Bertz CT molecular complexity index is 874. The zero-order valence-electron chi connectivity index (χ0n) is 19.9. The molecule has 0 aliphatic carbocycles. The maximum atomic E-state index is 13.3. The molecule has 0 bridgehead atoms. The number of amides is 2. The van der Waals surface area contributed by atoms with Crippen LogP contribution in [0.5, 0.6) is 0 Å². The Morgan fingerprint density at radius 3 is 1.42 bits per heavy atom. The van der Waals surface area contributed by atoms with Crippen LogP contribution in [-0.4, -0.2) is 82.9 Å². The van der Waals surface area contributed by atoms with Gasteiger partial charge in [0.15, 0.2) is 0 Å². The number of piperidine rings is 2. The van der Waals surface area contributed by atoms with Crippen LogP contribution in [0.15, 0.2) is 60.7 Å². The molecular formula is C26H32F2N2O6. The standard InChI is InChI=1S/2C13H16FNO3/c2*14-11-8-15(7-6-12(11)16)13(17)18-9-10-4-2-1-3-5-10/h2*1-5,11-12,16H,6-9H2/t11-,12+;11-,12-/m11/s1. The van der Waals surface area contributed by atoms with Crippen LogP contribution in [0, 0.1) is 0 Å². The summed E-state index contributed by atoms with van der Waals surface area (Å²) >= 11 is 0. The number of halogens is 2. The molecule has 36 heavy (non-hydrogen) atoms. The van der Waals surface area contributed by atoms with E-state index in [9.17, 15) is 28.6 Å². The van der Waals surface area contributed by atoms with Crippen LogP contribution in [0.2, 0.25) is 0 Å². The minimum Gasteiger partial charge on any atom is -0.445 e. The van der Waals surface area contributed by atoms with Crippen LogP contribution in [-0.2, 0) is 22.7 Å². The average Bonchev–Trinajstić information content (AvgIpc) is 2.90. The van der Waals surface area contributed by atoms with E-state index in [0.29, 0.717) is 13.1 Å². The Kier molecular flexibility index (Phi) is 10.4. The molecule has 2 heterocycles. The van der Waals surface area contributed by atoms with Crippen molar-refractivity contribution in [1.82, 2.24) is 9.80 Å². The molecule has 10 heteroatoms. The van der Waals surface area contributed by atoms with Crippen LogP contribution >= 0.6 is 0 Å². The average molecular weight is 507 g/mol. The van der Waals surface area contributed by atoms with Gasteiger partial charge < -0.3 is 29.5 Å². The Balaban J connectivity index is 0.000000201. The summed E-state index contributed by atoms with van der Waals surface area (Å²) in [4.78, 5) is 25.9. The summed E-state index contributed by atoms with van der Waals surface area (Å²) in [7, 11) is 0. The highest BCUT2D eigenvalue weighted by Crippen LogP contribution is 2.16. The van der Waals surface area contributed by atoms with Crippen LogP contribution in [0.1, 0.15) is 24.0 Å². The molecule has 2 aliphatic rings. The van der Waals surface area contributed by atoms with E-state index in [-0.39, 0.29) is 39.1 Å². The van der Waals surface area contributed by atoms with Crippen molar-refractivity contribution in [2.45, 2.75) is 50.6 Å². The molecule has 8 nitrogen and oxygen atoms in total. The molecular weight excluding hydrogens is 474 g/mol. The Labute approximate surface area is 209 Å². The molecule has 0 radical (unpaired) electrons. The predicted octanol–water partition coefficient (Wildman–Crippen LogP) is 3.46. The number of alkyl halides is 2. The molecule has 2 aromatic rings. The first-order valence-corrected chi connectivity index (χ1v) is 11.9. The van der Waals surface area contributed by atoms with E-state index >= 15 is 0 Å². The lowest BCUT2D eigenvalue weighted by Crippen LogP contribution is -2.47. The van der Waals surface area contributed by atoms with Gasteiger partial charge in [-0.25, -0.2) is 18.4 Å². The molecule has 4 rings (SSSR count). The van der Waals surface area contributed by atoms with Gasteiger partial charge in [-0.1, -0.05) is 60.7 Å². The molecule has 0 spiro atoms. The summed E-state index contributed by atoms with van der Waals surface area (Å²) in [5.41, 5.74) is 1.78. The number of aliphatic hydroxyl groups is 2. The summed E-state index contributed by atoms with van der Waals surface area (Å²) in [5, 5.41) is 18.5. The van der Waals surface area contributed by atoms with Gasteiger partial charge in [-0.05, 0) is 24.0 Å². The van der Waals surface area contributed by atoms with Crippen LogP contribution in [0.25, 0.3) is 0 Å². The molecule has 0 saturated carbocycles. The first-order chi connectivity index (χ1) is 17.3. The van der Waals surface area contributed by atoms with E-state index in [4.69, 9.17) is 9.47 Å². The number of carbonyl (C=O) groups excluding carboxylic acids is 2. The summed E-state index contributed by atoms with van der Waals surface area (Å²) in [6.07, 6.45) is -5.28. The molecule has 0 unspecified atom stereocenters. The van der Waals surface area contributed by atoms with E-state index < -0.39 is 36.7 Å². The van der Waals surface area contributed by atoms with Crippen molar-refractivity contribution in [3.05, 3.63) is 71.8 Å². The highest BCUT2D eigenvalue weighted by Gasteiger charge is 2.31. The molecule has 2 aromatic carbocycles. The number of carbonyl (C=O) groups is 2. The van der Waals surface area contributed by atoms with Gasteiger partial charge in [-0.15, -0.1) is 0 Å². The van der Waals surface area contributed by atoms with E-state index in [0.717, 1.165) is 11.1 Å². The number of hydrogen-bond acceptors (Lipinski definition) is 6. The monoisotopic (exact) mass is 506 g/mol. The number of nitrogens with zero attached hydrogens (tertiary/aromatic N) is 2. The summed E-state index contributed by atoms with van der Waals surface area (Å²) in [5.74, 6) is 0. The zero-order chi connectivity index (χ0) is 25.9. The van der Waals surface area contributed by atoms with Crippen molar-refractivity contribution >= 4 is 12.2 Å². The third kappa shape index (κ3) is 8.46. The lowest BCUT2D eigenvalue weighted by Gasteiger charge is -2.31. The fourth-order valence-electron chi connectivity index (χ4n) is 3.74. The smallest absolute Gasteiger partial charge is 0.410 e. The third-order valence-electron chi connectivity index (χ3n) is 5.94. The normalized spacial score (nSPS) is 23.8. The number of aliphatic hydroxyl groups excluding tert-OH is 2. The van der Waals surface area contributed by atoms with Gasteiger partial charge in [-0.3, -0.25) is 0 Å². The van der Waals surface area contributed by atoms with E-state index in [1.165, 1.54) is 9.80 Å². The lowest BCUT2D eigenvalue weighted by molar-refractivity contribution is 0.00229. The van der Waals surface area contributed by atoms with Gasteiger partial charge in [-0.2, -0.15) is 0 Å². The topological polar surface area (TPSA) is 99.5 Å². The van der Waals surface area contributed by atoms with Crippen LogP contribution in [0.4, 0.5) is 18.4 Å². The van der Waals surface area contributed by atoms with Crippen molar-refractivity contribution in [3.63, 3.8) is 0 Å². The molecule has 2 fully saturated rings. The van der Waals surface area contributed by atoms with Gasteiger partial charge in [0.25, 0.3) is 0 Å². The van der Waals surface area contributed by atoms with E-state index in [1.807, 2.05) is 60.7 Å². The second-order valence-corrected chi connectivity index (χ2v) is 8.72. The zero-order valence-corrected chi connectivity index (χ0v) is 19.9. The minimum atomic E-state index is -1.39. The Morgan fingerprint density at radius 2 is 1.08 bits per heavy atom. The molecule has 4 atom stereocenters. The first-order valence-electron chi connectivity index (χ1n) is 11.9. The SMILES string of the molecule is O=C(OCc1ccccc1)N1CC[C@@H](O)[C@H](F)C1.O=C(OCc1ccccc1)N1CC[C@H](O)[C@H](F)C1. The molecule has 2 saturated heterocycles. The number of likely N-dealkylation sites (tertiary alicyclic amines) is 2. The second-order valence-electron chi connectivity index (χ2n) is 8.72. The Morgan fingerprint density at radius 1 is 0.722 bits per heavy atom. The van der Waals surface area contributed by atoms with Gasteiger partial charge in [0.2, 0.25) is 0 Å². The van der Waals surface area contributed by atoms with Crippen molar-refractivity contribution < 1.29 is 38.1 Å². The molecule has 2 aliphatic heterocycles. The Hall–Kier alpha value is -3.24. The van der Waals surface area contributed by atoms with Crippen molar-refractivity contribution in [2.75, 3.05) is 26.2 Å². The van der Waals surface area contributed by atoms with Crippen molar-refractivity contribution in [1.29, 1.82) is 0 Å². The largest absolute Gasteiger partial charge is 0.445 e. The van der Waals surface area contributed by atoms with Gasteiger partial charge in [0, 0.05) is 13.1 Å². The van der Waals surface area contributed by atoms with Gasteiger partial charge in [0.05, 0.1) is 25.3 Å². The summed E-state index contributed by atoms with van der Waals surface area (Å²) < 4.78 is 36.7. The maximum absolute atomic E-state index is 13.3. The highest BCUT2D eigenvalue weighted by atomic mass is 19.1. The molecule has 196 valence electrons. The quantitative estimate of drug-likeness (QED) is 0.659. The van der Waals surface area contributed by atoms with Gasteiger partial charge in [0.1, 0.15) is 25.6 Å². The van der Waals surface area contributed by atoms with E-state index in [2.05, 4.69) is 0 Å².